The number of carbonyl (C=O) groups excluding carboxylic acids is 2. The van der Waals surface area contributed by atoms with Crippen molar-refractivity contribution in [1.82, 2.24) is 20.0 Å². The minimum atomic E-state index is -0.425. The van der Waals surface area contributed by atoms with Gasteiger partial charge in [-0.25, -0.2) is 4.39 Å². The van der Waals surface area contributed by atoms with Gasteiger partial charge >= 0.3 is 0 Å². The first kappa shape index (κ1) is 28.5. The topological polar surface area (TPSA) is 69.6 Å². The fourth-order valence-electron chi connectivity index (χ4n) is 4.82. The predicted octanol–water partition coefficient (Wildman–Crippen LogP) is 6.14. The lowest BCUT2D eigenvalue weighted by Gasteiger charge is -2.37. The Balaban J connectivity index is 1.25. The number of benzene rings is 3. The van der Waals surface area contributed by atoms with Gasteiger partial charge in [0.05, 0.1) is 16.8 Å². The first-order valence-electron chi connectivity index (χ1n) is 13.2. The Morgan fingerprint density at radius 1 is 0.902 bits per heavy atom. The highest BCUT2D eigenvalue weighted by molar-refractivity contribution is 6.36. The number of amides is 2. The minimum Gasteiger partial charge on any atom is -0.352 e. The number of halogens is 3. The number of carbonyl (C=O) groups is 2. The molecule has 0 unspecified atom stereocenters. The van der Waals surface area contributed by atoms with Crippen molar-refractivity contribution in [3.05, 3.63) is 112 Å². The van der Waals surface area contributed by atoms with Gasteiger partial charge in [-0.2, -0.15) is 0 Å². The molecule has 1 aromatic heterocycles. The van der Waals surface area contributed by atoms with Crippen LogP contribution in [-0.2, 0) is 4.79 Å². The molecule has 210 valence electrons. The molecule has 10 heteroatoms. The van der Waals surface area contributed by atoms with Gasteiger partial charge in [0.25, 0.3) is 5.91 Å². The van der Waals surface area contributed by atoms with Crippen LogP contribution in [0, 0.1) is 5.82 Å². The number of nitrogens with zero attached hydrogens (tertiary/aromatic N) is 5. The Hall–Kier alpha value is -4.01. The number of piperazine rings is 1. The molecule has 0 aliphatic carbocycles. The van der Waals surface area contributed by atoms with Crippen molar-refractivity contribution >= 4 is 40.8 Å². The second kappa shape index (κ2) is 12.7. The van der Waals surface area contributed by atoms with Gasteiger partial charge in [0.1, 0.15) is 12.4 Å². The van der Waals surface area contributed by atoms with E-state index >= 15 is 0 Å². The van der Waals surface area contributed by atoms with Crippen LogP contribution in [-0.4, -0.2) is 64.5 Å². The van der Waals surface area contributed by atoms with Gasteiger partial charge in [-0.3, -0.25) is 9.59 Å². The van der Waals surface area contributed by atoms with Crippen LogP contribution in [0.3, 0.4) is 0 Å². The Morgan fingerprint density at radius 3 is 2.24 bits per heavy atom. The summed E-state index contributed by atoms with van der Waals surface area (Å²) < 4.78 is 13.5. The summed E-state index contributed by atoms with van der Waals surface area (Å²) in [5, 5.41) is 9.77. The third-order valence-electron chi connectivity index (χ3n) is 7.22. The van der Waals surface area contributed by atoms with Crippen molar-refractivity contribution in [2.75, 3.05) is 37.6 Å². The van der Waals surface area contributed by atoms with Gasteiger partial charge in [0.15, 0.2) is 5.82 Å². The lowest BCUT2D eigenvalue weighted by molar-refractivity contribution is -0.132. The first-order valence-corrected chi connectivity index (χ1v) is 14.0. The van der Waals surface area contributed by atoms with E-state index in [4.69, 9.17) is 23.2 Å². The maximum atomic E-state index is 13.5. The Bertz CT molecular complexity index is 1510. The maximum Gasteiger partial charge on any atom is 0.254 e. The third-order valence-corrected chi connectivity index (χ3v) is 7.77. The maximum absolute atomic E-state index is 13.5. The predicted molar refractivity (Wildman–Crippen MR) is 159 cm³/mol. The summed E-state index contributed by atoms with van der Waals surface area (Å²) in [5.74, 6) is -0.200. The van der Waals surface area contributed by atoms with Gasteiger partial charge < -0.3 is 14.7 Å². The fourth-order valence-corrected chi connectivity index (χ4v) is 5.33. The van der Waals surface area contributed by atoms with E-state index in [0.717, 1.165) is 11.1 Å². The summed E-state index contributed by atoms with van der Waals surface area (Å²) >= 11 is 12.3. The van der Waals surface area contributed by atoms with E-state index in [1.807, 2.05) is 55.5 Å². The van der Waals surface area contributed by atoms with E-state index in [1.165, 1.54) is 24.3 Å². The molecular formula is C31H28Cl2FN5O2. The quantitative estimate of drug-likeness (QED) is 0.258. The Kier molecular flexibility index (Phi) is 8.81. The summed E-state index contributed by atoms with van der Waals surface area (Å²) in [7, 11) is 0. The average molecular weight is 593 g/mol. The molecule has 4 aromatic rings. The number of rotatable bonds is 7. The van der Waals surface area contributed by atoms with Crippen LogP contribution in [0.2, 0.25) is 10.0 Å². The smallest absolute Gasteiger partial charge is 0.254 e. The molecule has 0 bridgehead atoms. The molecule has 1 aliphatic rings. The van der Waals surface area contributed by atoms with Gasteiger partial charge in [0.2, 0.25) is 5.91 Å². The molecule has 7 nitrogen and oxygen atoms in total. The fraction of sp³-hybridized carbons (Fsp3) is 0.226. The van der Waals surface area contributed by atoms with Crippen LogP contribution in [0.15, 0.2) is 84.9 Å². The van der Waals surface area contributed by atoms with Gasteiger partial charge in [0, 0.05) is 42.3 Å². The Morgan fingerprint density at radius 2 is 1.61 bits per heavy atom. The van der Waals surface area contributed by atoms with Crippen molar-refractivity contribution in [2.24, 2.45) is 0 Å². The highest BCUT2D eigenvalue weighted by atomic mass is 35.5. The summed E-state index contributed by atoms with van der Waals surface area (Å²) in [6.45, 7) is 3.89. The van der Waals surface area contributed by atoms with Crippen LogP contribution in [0.25, 0.3) is 11.3 Å². The zero-order valence-corrected chi connectivity index (χ0v) is 23.9. The van der Waals surface area contributed by atoms with Crippen molar-refractivity contribution in [3.63, 3.8) is 0 Å². The highest BCUT2D eigenvalue weighted by Crippen LogP contribution is 2.29. The van der Waals surface area contributed by atoms with E-state index in [1.54, 1.807) is 21.9 Å². The highest BCUT2D eigenvalue weighted by Gasteiger charge is 2.29. The lowest BCUT2D eigenvalue weighted by Crippen LogP contribution is -2.52. The zero-order chi connectivity index (χ0) is 28.9. The van der Waals surface area contributed by atoms with Crippen LogP contribution >= 0.6 is 23.2 Å². The molecule has 2 heterocycles. The van der Waals surface area contributed by atoms with E-state index in [2.05, 4.69) is 15.1 Å². The average Bonchev–Trinajstić information content (AvgIpc) is 3.00. The summed E-state index contributed by atoms with van der Waals surface area (Å²) in [5.41, 5.74) is 2.62. The lowest BCUT2D eigenvalue weighted by atomic mass is 10.1. The van der Waals surface area contributed by atoms with E-state index in [-0.39, 0.29) is 24.4 Å². The molecule has 1 fully saturated rings. The molecular weight excluding hydrogens is 564 g/mol. The van der Waals surface area contributed by atoms with Crippen molar-refractivity contribution in [1.29, 1.82) is 0 Å². The SMILES string of the molecule is C[C@H](c1ccccc1)N(CC(=O)N1CCN(c2ccc(-c3ccc(Cl)cc3Cl)nn2)CC1)C(=O)c1ccc(F)cc1. The number of hydrogen-bond acceptors (Lipinski definition) is 5. The molecule has 0 radical (unpaired) electrons. The van der Waals surface area contributed by atoms with Crippen molar-refractivity contribution < 1.29 is 14.0 Å². The molecule has 0 spiro atoms. The zero-order valence-electron chi connectivity index (χ0n) is 22.4. The third kappa shape index (κ3) is 6.66. The molecule has 2 amide bonds. The standard InChI is InChI=1S/C31H28Cl2FN5O2/c1-21(22-5-3-2-4-6-22)39(31(41)23-7-10-25(34)11-8-23)20-30(40)38-17-15-37(16-18-38)29-14-13-28(35-36-29)26-12-9-24(32)19-27(26)33/h2-14,19,21H,15-18,20H2,1H3/t21-/m1/s1. The molecule has 41 heavy (non-hydrogen) atoms. The Labute approximate surface area is 248 Å². The molecule has 1 aliphatic heterocycles. The van der Waals surface area contributed by atoms with Crippen LogP contribution in [0.5, 0.6) is 0 Å². The van der Waals surface area contributed by atoms with Gasteiger partial charge in [-0.15, -0.1) is 10.2 Å². The van der Waals surface area contributed by atoms with E-state index in [0.29, 0.717) is 53.3 Å². The normalized spacial score (nSPS) is 14.0. The minimum absolute atomic E-state index is 0.0946. The summed E-state index contributed by atoms with van der Waals surface area (Å²) in [6.07, 6.45) is 0. The number of aromatic nitrogens is 2. The number of hydrogen-bond donors (Lipinski definition) is 0. The molecule has 0 N–H and O–H groups in total. The molecule has 5 rings (SSSR count). The summed E-state index contributed by atoms with van der Waals surface area (Å²) in [6, 6.07) is 23.5. The van der Waals surface area contributed by atoms with Crippen molar-refractivity contribution in [2.45, 2.75) is 13.0 Å². The number of anilines is 1. The molecule has 3 aromatic carbocycles. The molecule has 1 saturated heterocycles. The summed E-state index contributed by atoms with van der Waals surface area (Å²) in [4.78, 5) is 32.3. The molecule has 0 saturated carbocycles. The van der Waals surface area contributed by atoms with Gasteiger partial charge in [-0.1, -0.05) is 53.5 Å². The van der Waals surface area contributed by atoms with Crippen LogP contribution in [0.1, 0.15) is 28.9 Å². The van der Waals surface area contributed by atoms with E-state index < -0.39 is 5.82 Å². The second-order valence-electron chi connectivity index (χ2n) is 9.80. The molecule has 1 atom stereocenters. The van der Waals surface area contributed by atoms with Crippen LogP contribution < -0.4 is 4.90 Å². The largest absolute Gasteiger partial charge is 0.352 e. The monoisotopic (exact) mass is 591 g/mol. The van der Waals surface area contributed by atoms with E-state index in [9.17, 15) is 14.0 Å². The first-order chi connectivity index (χ1) is 19.8. The second-order valence-corrected chi connectivity index (χ2v) is 10.6. The van der Waals surface area contributed by atoms with Crippen LogP contribution in [0.4, 0.5) is 10.2 Å². The van der Waals surface area contributed by atoms with Crippen molar-refractivity contribution in [3.8, 4) is 11.3 Å². The van der Waals surface area contributed by atoms with Gasteiger partial charge in [-0.05, 0) is 67.1 Å².